The van der Waals surface area contributed by atoms with Gasteiger partial charge in [0.15, 0.2) is 0 Å². The Hall–Kier alpha value is 0.585. The summed E-state index contributed by atoms with van der Waals surface area (Å²) < 4.78 is 3.50. The van der Waals surface area contributed by atoms with Crippen LogP contribution in [0, 0.1) is 0 Å². The Morgan fingerprint density at radius 1 is 2.00 bits per heavy atom. The minimum atomic E-state index is -0.115. The van der Waals surface area contributed by atoms with Crippen LogP contribution in [0.1, 0.15) is 0 Å². The van der Waals surface area contributed by atoms with E-state index in [1.165, 1.54) is 0 Å². The van der Waals surface area contributed by atoms with Crippen LogP contribution < -0.4 is 0 Å². The average molecular weight is 186 g/mol. The zero-order valence-corrected chi connectivity index (χ0v) is 4.81. The summed E-state index contributed by atoms with van der Waals surface area (Å²) in [7, 11) is 0. The largest absolute Gasteiger partial charge is 0.386 e. The van der Waals surface area contributed by atoms with E-state index in [1.807, 2.05) is 0 Å². The molecular formula is CH4BIO2. The van der Waals surface area contributed by atoms with Crippen LogP contribution in [0.25, 0.3) is 0 Å². The molecule has 0 aromatic rings. The van der Waals surface area contributed by atoms with Crippen LogP contribution in [-0.2, 0) is 4.81 Å². The summed E-state index contributed by atoms with van der Waals surface area (Å²) in [6, 6.07) is 0. The third-order valence-corrected chi connectivity index (χ3v) is 0.845. The Balaban J connectivity index is 2.40. The monoisotopic (exact) mass is 186 g/mol. The minimum absolute atomic E-state index is 0.115. The van der Waals surface area contributed by atoms with E-state index in [0.29, 0.717) is 5.34 Å². The number of hydrogen-bond donors (Lipinski definition) is 1. The summed E-state index contributed by atoms with van der Waals surface area (Å²) in [4.78, 5) is 3.68. The first-order chi connectivity index (χ1) is 2.41. The topological polar surface area (TPSA) is 29.5 Å². The normalized spacial score (nSPS) is 7.40. The molecule has 2 nitrogen and oxygen atoms in total. The molecule has 30 valence electrons. The van der Waals surface area contributed by atoms with Gasteiger partial charge in [-0.1, -0.05) is 4.51 Å². The lowest BCUT2D eigenvalue weighted by atomic mass is 10.6. The summed E-state index contributed by atoms with van der Waals surface area (Å²) >= 11 is -0.115. The molecule has 4 heteroatoms. The van der Waals surface area contributed by atoms with Crippen LogP contribution in [0.2, 0.25) is 0 Å². The predicted octanol–water partition coefficient (Wildman–Crippen LogP) is 0.145. The van der Waals surface area contributed by atoms with Gasteiger partial charge in [0, 0.05) is 0 Å². The van der Waals surface area contributed by atoms with Gasteiger partial charge < -0.3 is 0 Å². The molecular weight excluding hydrogens is 182 g/mol. The molecule has 0 aliphatic heterocycles. The second-order valence-electron chi connectivity index (χ2n) is 0.427. The lowest BCUT2D eigenvalue weighted by Gasteiger charge is -1.73. The van der Waals surface area contributed by atoms with Crippen molar-refractivity contribution in [2.45, 2.75) is 0 Å². The van der Waals surface area contributed by atoms with Gasteiger partial charge in [0.25, 0.3) is 0 Å². The zero-order valence-electron chi connectivity index (χ0n) is 2.65. The fraction of sp³-hybridized carbons (Fsp3) is 0. The molecule has 0 saturated heterocycles. The molecule has 0 aliphatic carbocycles. The van der Waals surface area contributed by atoms with Crippen molar-refractivity contribution in [3.05, 3.63) is 0 Å². The van der Waals surface area contributed by atoms with Crippen molar-refractivity contribution >= 4 is 30.4 Å². The van der Waals surface area contributed by atoms with Crippen molar-refractivity contribution in [3.8, 4) is 0 Å². The van der Waals surface area contributed by atoms with Crippen LogP contribution >= 0.6 is 20.5 Å². The zero-order chi connectivity index (χ0) is 4.12. The Morgan fingerprint density at radius 2 is 2.60 bits per heavy atom. The third-order valence-electron chi connectivity index (χ3n) is 0.126. The first kappa shape index (κ1) is 5.58. The fourth-order valence-electron chi connectivity index (χ4n) is 0.0345. The quantitative estimate of drug-likeness (QED) is 0.287. The van der Waals surface area contributed by atoms with E-state index in [-0.39, 0.29) is 20.5 Å². The van der Waals surface area contributed by atoms with E-state index < -0.39 is 0 Å². The van der Waals surface area contributed by atoms with Crippen LogP contribution in [0.4, 0.5) is 0 Å². The highest BCUT2D eigenvalue weighted by Crippen LogP contribution is 1.81. The molecule has 1 N–H and O–H groups in total. The van der Waals surface area contributed by atoms with E-state index in [0.717, 1.165) is 0 Å². The van der Waals surface area contributed by atoms with Gasteiger partial charge in [-0.25, -0.2) is 0 Å². The van der Waals surface area contributed by atoms with Crippen LogP contribution in [-0.4, -0.2) is 15.1 Å². The van der Waals surface area contributed by atoms with E-state index in [2.05, 4.69) is 9.32 Å². The van der Waals surface area contributed by atoms with Crippen LogP contribution in [0.5, 0.6) is 0 Å². The molecule has 0 radical (unpaired) electrons. The number of rotatable bonds is 2. The molecule has 0 rings (SSSR count). The molecule has 0 unspecified atom stereocenters. The summed E-state index contributed by atoms with van der Waals surface area (Å²) in [5, 5.41) is 8.00. The Bertz CT molecular complexity index is 30.8. The van der Waals surface area contributed by atoms with E-state index in [1.54, 1.807) is 0 Å². The molecule has 0 aromatic heterocycles. The van der Waals surface area contributed by atoms with Crippen molar-refractivity contribution < 1.29 is 10.1 Å². The Kier molecular flexibility index (Phi) is 5.12. The summed E-state index contributed by atoms with van der Waals surface area (Å²) in [6.45, 7) is 0. The van der Waals surface area contributed by atoms with Gasteiger partial charge in [-0.3, -0.25) is 10.1 Å². The molecule has 0 saturated carbocycles. The third kappa shape index (κ3) is 4.58. The van der Waals surface area contributed by atoms with Gasteiger partial charge in [-0.2, -0.15) is 0 Å². The SMILES string of the molecule is C=IBOO. The van der Waals surface area contributed by atoms with Gasteiger partial charge in [-0.05, 0) is 0 Å². The summed E-state index contributed by atoms with van der Waals surface area (Å²) in [6.07, 6.45) is 0. The summed E-state index contributed by atoms with van der Waals surface area (Å²) in [5.41, 5.74) is 0. The van der Waals surface area contributed by atoms with E-state index in [4.69, 9.17) is 5.26 Å². The second kappa shape index (κ2) is 4.58. The first-order valence-electron chi connectivity index (χ1n) is 1.01. The first-order valence-corrected chi connectivity index (χ1v) is 4.06. The molecule has 0 amide bonds. The highest BCUT2D eigenvalue weighted by atomic mass is 127. The van der Waals surface area contributed by atoms with Crippen LogP contribution in [0.15, 0.2) is 0 Å². The number of halogens is 1. The molecule has 0 aliphatic rings. The minimum Gasteiger partial charge on any atom is -0.298 e. The van der Waals surface area contributed by atoms with E-state index in [9.17, 15) is 0 Å². The average Bonchev–Trinajstić information content (AvgIpc) is 1.41. The number of hydrogen-bond acceptors (Lipinski definition) is 2. The molecule has 0 atom stereocenters. The van der Waals surface area contributed by atoms with Gasteiger partial charge in [0.05, 0.1) is 0 Å². The second-order valence-corrected chi connectivity index (χ2v) is 2.13. The van der Waals surface area contributed by atoms with Crippen molar-refractivity contribution in [1.82, 2.24) is 0 Å². The van der Waals surface area contributed by atoms with Gasteiger partial charge >= 0.3 is 5.34 Å². The van der Waals surface area contributed by atoms with Crippen LogP contribution in [0.3, 0.4) is 0 Å². The Labute approximate surface area is 40.8 Å². The van der Waals surface area contributed by atoms with E-state index >= 15 is 0 Å². The Morgan fingerprint density at radius 3 is 2.60 bits per heavy atom. The highest BCUT2D eigenvalue weighted by Gasteiger charge is 1.70. The molecule has 0 spiro atoms. The molecule has 0 aromatic carbocycles. The smallest absolute Gasteiger partial charge is 0.298 e. The molecule has 0 heterocycles. The standard InChI is InChI=1S/CH4BIO2/c1-3-2-5-4/h2,4H,1H2. The van der Waals surface area contributed by atoms with Crippen molar-refractivity contribution in [2.75, 3.05) is 0 Å². The molecule has 0 fully saturated rings. The van der Waals surface area contributed by atoms with Crippen molar-refractivity contribution in [2.24, 2.45) is 0 Å². The molecule has 0 bridgehead atoms. The maximum absolute atomic E-state index is 7.55. The highest BCUT2D eigenvalue weighted by molar-refractivity contribution is 14.2. The maximum atomic E-state index is 7.55. The maximum Gasteiger partial charge on any atom is 0.386 e. The predicted molar refractivity (Wildman–Crippen MR) is 32.0 cm³/mol. The van der Waals surface area contributed by atoms with Gasteiger partial charge in [0.2, 0.25) is 0 Å². The lowest BCUT2D eigenvalue weighted by molar-refractivity contribution is -0.132. The van der Waals surface area contributed by atoms with Crippen molar-refractivity contribution in [3.63, 3.8) is 0 Å². The lowest BCUT2D eigenvalue weighted by Crippen LogP contribution is -1.78. The molecule has 5 heavy (non-hydrogen) atoms. The summed E-state index contributed by atoms with van der Waals surface area (Å²) in [5.74, 6) is 0. The van der Waals surface area contributed by atoms with Crippen molar-refractivity contribution in [1.29, 1.82) is 0 Å². The van der Waals surface area contributed by atoms with Gasteiger partial charge in [-0.15, -0.1) is 20.5 Å². The fourth-order valence-corrected chi connectivity index (χ4v) is 0.231. The van der Waals surface area contributed by atoms with Gasteiger partial charge in [0.1, 0.15) is 0 Å².